The van der Waals surface area contributed by atoms with E-state index in [1.165, 1.54) is 18.2 Å². The molecule has 18 heavy (non-hydrogen) atoms. The summed E-state index contributed by atoms with van der Waals surface area (Å²) in [5, 5.41) is 0. The summed E-state index contributed by atoms with van der Waals surface area (Å²) in [6.07, 6.45) is 0. The highest BCUT2D eigenvalue weighted by atomic mass is 79.9. The number of halogens is 3. The van der Waals surface area contributed by atoms with Crippen LogP contribution in [0.5, 0.6) is 0 Å². The Morgan fingerprint density at radius 2 is 1.78 bits per heavy atom. The zero-order valence-electron chi connectivity index (χ0n) is 9.51. The predicted octanol–water partition coefficient (Wildman–Crippen LogP) is 4.27. The molecule has 0 N–H and O–H groups in total. The van der Waals surface area contributed by atoms with Crippen LogP contribution in [0.2, 0.25) is 0 Å². The fraction of sp³-hybridized carbons (Fsp3) is 0.0714. The quantitative estimate of drug-likeness (QED) is 0.757. The molecule has 0 atom stereocenters. The van der Waals surface area contributed by atoms with Crippen molar-refractivity contribution >= 4 is 21.7 Å². The van der Waals surface area contributed by atoms with Crippen LogP contribution in [0.1, 0.15) is 21.5 Å². The standard InChI is InChI=1S/C14H9BrF2O/c1-8-4-9(6-11(17)5-8)14(18)12-7-10(16)2-3-13(12)15/h2-7H,1H3. The minimum atomic E-state index is -0.505. The third kappa shape index (κ3) is 2.64. The second kappa shape index (κ2) is 4.98. The van der Waals surface area contributed by atoms with Gasteiger partial charge in [0.25, 0.3) is 0 Å². The van der Waals surface area contributed by atoms with E-state index < -0.39 is 17.4 Å². The van der Waals surface area contributed by atoms with E-state index in [1.54, 1.807) is 13.0 Å². The number of ketones is 1. The lowest BCUT2D eigenvalue weighted by atomic mass is 10.0. The number of carbonyl (C=O) groups is 1. The van der Waals surface area contributed by atoms with Gasteiger partial charge in [-0.1, -0.05) is 15.9 Å². The van der Waals surface area contributed by atoms with Crippen molar-refractivity contribution in [2.24, 2.45) is 0 Å². The van der Waals surface area contributed by atoms with Crippen LogP contribution in [-0.4, -0.2) is 5.78 Å². The molecule has 0 fully saturated rings. The summed E-state index contributed by atoms with van der Waals surface area (Å²) in [6, 6.07) is 7.88. The third-order valence-electron chi connectivity index (χ3n) is 2.48. The number of aryl methyl sites for hydroxylation is 1. The lowest BCUT2D eigenvalue weighted by Crippen LogP contribution is -2.04. The highest BCUT2D eigenvalue weighted by Gasteiger charge is 2.14. The highest BCUT2D eigenvalue weighted by molar-refractivity contribution is 9.10. The maximum absolute atomic E-state index is 13.2. The van der Waals surface area contributed by atoms with E-state index in [9.17, 15) is 13.6 Å². The first-order valence-electron chi connectivity index (χ1n) is 5.24. The maximum atomic E-state index is 13.2. The lowest BCUT2D eigenvalue weighted by Gasteiger charge is -2.05. The average molecular weight is 311 g/mol. The molecule has 2 rings (SSSR count). The van der Waals surface area contributed by atoms with Gasteiger partial charge < -0.3 is 0 Å². The maximum Gasteiger partial charge on any atom is 0.194 e. The second-order valence-corrected chi connectivity index (χ2v) is 4.82. The molecule has 0 heterocycles. The summed E-state index contributed by atoms with van der Waals surface area (Å²) in [5.41, 5.74) is 1.03. The third-order valence-corrected chi connectivity index (χ3v) is 3.17. The van der Waals surface area contributed by atoms with Crippen LogP contribution in [0.3, 0.4) is 0 Å². The topological polar surface area (TPSA) is 17.1 Å². The summed E-state index contributed by atoms with van der Waals surface area (Å²) in [4.78, 5) is 12.2. The smallest absolute Gasteiger partial charge is 0.194 e. The van der Waals surface area contributed by atoms with Crippen molar-refractivity contribution < 1.29 is 13.6 Å². The second-order valence-electron chi connectivity index (χ2n) is 3.97. The molecular formula is C14H9BrF2O. The molecule has 0 saturated carbocycles. The fourth-order valence-electron chi connectivity index (χ4n) is 1.69. The number of hydrogen-bond acceptors (Lipinski definition) is 1. The van der Waals surface area contributed by atoms with Gasteiger partial charge in [0.1, 0.15) is 11.6 Å². The Morgan fingerprint density at radius 1 is 1.06 bits per heavy atom. The van der Waals surface area contributed by atoms with Crippen LogP contribution in [0.15, 0.2) is 40.9 Å². The molecule has 0 aliphatic heterocycles. The molecule has 0 radical (unpaired) electrons. The first-order valence-corrected chi connectivity index (χ1v) is 6.03. The van der Waals surface area contributed by atoms with E-state index in [4.69, 9.17) is 0 Å². The number of hydrogen-bond donors (Lipinski definition) is 0. The van der Waals surface area contributed by atoms with Gasteiger partial charge in [-0.2, -0.15) is 0 Å². The summed E-state index contributed by atoms with van der Waals surface area (Å²) < 4.78 is 26.9. The molecule has 1 nitrogen and oxygen atoms in total. The fourth-order valence-corrected chi connectivity index (χ4v) is 2.12. The largest absolute Gasteiger partial charge is 0.289 e. The monoisotopic (exact) mass is 310 g/mol. The van der Waals surface area contributed by atoms with E-state index in [1.807, 2.05) is 0 Å². The van der Waals surface area contributed by atoms with Crippen LogP contribution in [-0.2, 0) is 0 Å². The Kier molecular flexibility index (Phi) is 3.57. The molecule has 0 spiro atoms. The van der Waals surface area contributed by atoms with Crippen molar-refractivity contribution in [3.63, 3.8) is 0 Å². The molecule has 2 aromatic carbocycles. The highest BCUT2D eigenvalue weighted by Crippen LogP contribution is 2.22. The average Bonchev–Trinajstić information content (AvgIpc) is 2.30. The van der Waals surface area contributed by atoms with Gasteiger partial charge in [-0.3, -0.25) is 4.79 Å². The number of rotatable bonds is 2. The predicted molar refractivity (Wildman–Crippen MR) is 68.7 cm³/mol. The first kappa shape index (κ1) is 12.9. The molecule has 4 heteroatoms. The van der Waals surface area contributed by atoms with Crippen molar-refractivity contribution in [3.8, 4) is 0 Å². The Balaban J connectivity index is 2.51. The molecule has 92 valence electrons. The Hall–Kier alpha value is -1.55. The molecule has 0 aliphatic rings. The van der Waals surface area contributed by atoms with Crippen molar-refractivity contribution in [1.82, 2.24) is 0 Å². The van der Waals surface area contributed by atoms with E-state index in [0.29, 0.717) is 10.0 Å². The van der Waals surface area contributed by atoms with Crippen LogP contribution in [0.25, 0.3) is 0 Å². The molecule has 0 amide bonds. The van der Waals surface area contributed by atoms with E-state index in [2.05, 4.69) is 15.9 Å². The lowest BCUT2D eigenvalue weighted by molar-refractivity contribution is 0.103. The van der Waals surface area contributed by atoms with Crippen molar-refractivity contribution in [3.05, 3.63) is 69.2 Å². The normalized spacial score (nSPS) is 10.4. The minimum absolute atomic E-state index is 0.181. The Bertz CT molecular complexity index is 603. The van der Waals surface area contributed by atoms with E-state index in [0.717, 1.165) is 12.1 Å². The van der Waals surface area contributed by atoms with E-state index in [-0.39, 0.29) is 11.1 Å². The molecule has 0 aromatic heterocycles. The van der Waals surface area contributed by atoms with Gasteiger partial charge in [0.05, 0.1) is 0 Å². The van der Waals surface area contributed by atoms with Crippen LogP contribution in [0, 0.1) is 18.6 Å². The minimum Gasteiger partial charge on any atom is -0.289 e. The zero-order chi connectivity index (χ0) is 13.3. The van der Waals surface area contributed by atoms with Crippen molar-refractivity contribution in [1.29, 1.82) is 0 Å². The summed E-state index contributed by atoms with van der Waals surface area (Å²) >= 11 is 3.18. The van der Waals surface area contributed by atoms with Crippen LogP contribution in [0.4, 0.5) is 8.78 Å². The van der Waals surface area contributed by atoms with Crippen LogP contribution >= 0.6 is 15.9 Å². The summed E-state index contributed by atoms with van der Waals surface area (Å²) in [5.74, 6) is -1.40. The van der Waals surface area contributed by atoms with Gasteiger partial charge in [0.2, 0.25) is 0 Å². The van der Waals surface area contributed by atoms with Gasteiger partial charge in [0, 0.05) is 15.6 Å². The van der Waals surface area contributed by atoms with Crippen molar-refractivity contribution in [2.75, 3.05) is 0 Å². The molecular weight excluding hydrogens is 302 g/mol. The molecule has 2 aromatic rings. The Morgan fingerprint density at radius 3 is 2.44 bits per heavy atom. The molecule has 0 aliphatic carbocycles. The Labute approximate surface area is 112 Å². The molecule has 0 bridgehead atoms. The van der Waals surface area contributed by atoms with Crippen LogP contribution < -0.4 is 0 Å². The van der Waals surface area contributed by atoms with Gasteiger partial charge in [-0.25, -0.2) is 8.78 Å². The molecule has 0 unspecified atom stereocenters. The van der Waals surface area contributed by atoms with Gasteiger partial charge in [-0.15, -0.1) is 0 Å². The number of carbonyl (C=O) groups excluding carboxylic acids is 1. The SMILES string of the molecule is Cc1cc(F)cc(C(=O)c2cc(F)ccc2Br)c1. The molecule has 0 saturated heterocycles. The summed E-state index contributed by atoms with van der Waals surface area (Å²) in [6.45, 7) is 1.69. The van der Waals surface area contributed by atoms with Crippen molar-refractivity contribution in [2.45, 2.75) is 6.92 Å². The first-order chi connectivity index (χ1) is 8.47. The number of benzene rings is 2. The zero-order valence-corrected chi connectivity index (χ0v) is 11.1. The van der Waals surface area contributed by atoms with Gasteiger partial charge >= 0.3 is 0 Å². The summed E-state index contributed by atoms with van der Waals surface area (Å²) in [7, 11) is 0. The van der Waals surface area contributed by atoms with Gasteiger partial charge in [-0.05, 0) is 48.9 Å². The van der Waals surface area contributed by atoms with Gasteiger partial charge in [0.15, 0.2) is 5.78 Å². The van der Waals surface area contributed by atoms with E-state index >= 15 is 0 Å².